The average molecular weight is 503 g/mol. The summed E-state index contributed by atoms with van der Waals surface area (Å²) in [6.45, 7) is 19.2. The topological polar surface area (TPSA) is 115 Å². The van der Waals surface area contributed by atoms with E-state index in [1.807, 2.05) is 46.4 Å². The Morgan fingerprint density at radius 2 is 1.75 bits per heavy atom. The number of nitrogens with zero attached hydrogens (tertiary/aromatic N) is 3. The molecule has 2 N–H and O–H groups in total. The Labute approximate surface area is 215 Å². The second-order valence-electron chi connectivity index (χ2n) is 12.1. The minimum absolute atomic E-state index is 0.0573. The van der Waals surface area contributed by atoms with Gasteiger partial charge in [0.25, 0.3) is 0 Å². The van der Waals surface area contributed by atoms with Crippen LogP contribution in [-0.2, 0) is 18.8 Å². The maximum atomic E-state index is 13.1. The fourth-order valence-corrected chi connectivity index (χ4v) is 4.11. The van der Waals surface area contributed by atoms with Crippen LogP contribution >= 0.6 is 0 Å². The summed E-state index contributed by atoms with van der Waals surface area (Å²) >= 11 is 0. The number of likely N-dealkylation sites (tertiary alicyclic amines) is 1. The lowest BCUT2D eigenvalue weighted by atomic mass is 9.81. The van der Waals surface area contributed by atoms with Crippen molar-refractivity contribution >= 4 is 30.5 Å². The van der Waals surface area contributed by atoms with Crippen molar-refractivity contribution in [2.24, 2.45) is 11.8 Å². The van der Waals surface area contributed by atoms with E-state index in [9.17, 15) is 9.59 Å². The van der Waals surface area contributed by atoms with Crippen LogP contribution in [0.15, 0.2) is 12.4 Å². The summed E-state index contributed by atoms with van der Waals surface area (Å²) in [5, 5.41) is 6.03. The lowest BCUT2D eigenvalue weighted by Crippen LogP contribution is -2.51. The van der Waals surface area contributed by atoms with E-state index in [0.29, 0.717) is 25.6 Å². The van der Waals surface area contributed by atoms with E-state index in [-0.39, 0.29) is 17.7 Å². The van der Waals surface area contributed by atoms with E-state index in [4.69, 9.17) is 14.0 Å². The Morgan fingerprint density at radius 1 is 1.17 bits per heavy atom. The third-order valence-electron chi connectivity index (χ3n) is 6.95. The van der Waals surface area contributed by atoms with Crippen molar-refractivity contribution in [2.45, 2.75) is 91.6 Å². The molecule has 2 saturated heterocycles. The van der Waals surface area contributed by atoms with Crippen LogP contribution in [0.1, 0.15) is 68.7 Å². The summed E-state index contributed by atoms with van der Waals surface area (Å²) in [6, 6.07) is -0.627. The summed E-state index contributed by atoms with van der Waals surface area (Å²) < 4.78 is 17.5. The van der Waals surface area contributed by atoms with Crippen LogP contribution in [0.5, 0.6) is 0 Å². The lowest BCUT2D eigenvalue weighted by Gasteiger charge is -2.32. The van der Waals surface area contributed by atoms with Gasteiger partial charge in [0.05, 0.1) is 11.2 Å². The Balaban J connectivity index is 1.50. The normalized spacial score (nSPS) is 22.0. The quantitative estimate of drug-likeness (QED) is 0.546. The molecule has 3 rings (SSSR count). The molecule has 0 bridgehead atoms. The van der Waals surface area contributed by atoms with E-state index in [1.54, 1.807) is 33.2 Å². The number of rotatable bonds is 7. The van der Waals surface area contributed by atoms with Crippen LogP contribution in [0, 0.1) is 11.8 Å². The van der Waals surface area contributed by atoms with Gasteiger partial charge in [0.15, 0.2) is 0 Å². The molecule has 2 aliphatic heterocycles. The Hall–Kier alpha value is -2.40. The van der Waals surface area contributed by atoms with Gasteiger partial charge in [-0.2, -0.15) is 0 Å². The first-order valence-corrected chi connectivity index (χ1v) is 12.8. The number of hydrogen-bond donors (Lipinski definition) is 2. The molecule has 1 aromatic heterocycles. The van der Waals surface area contributed by atoms with E-state index in [2.05, 4.69) is 20.6 Å². The number of carbonyl (C=O) groups excluding carboxylic acids is 2. The summed E-state index contributed by atoms with van der Waals surface area (Å²) in [7, 11) is -0.498. The molecule has 2 aliphatic rings. The third kappa shape index (κ3) is 6.88. The molecule has 0 aliphatic carbocycles. The zero-order valence-electron chi connectivity index (χ0n) is 23.2. The highest BCUT2D eigenvalue weighted by atomic mass is 16.7. The molecule has 2 fully saturated rings. The summed E-state index contributed by atoms with van der Waals surface area (Å²) in [6.07, 6.45) is 3.73. The van der Waals surface area contributed by atoms with Crippen molar-refractivity contribution in [1.29, 1.82) is 0 Å². The second-order valence-corrected chi connectivity index (χ2v) is 12.1. The third-order valence-corrected chi connectivity index (χ3v) is 6.95. The molecular formula is C25H42BN5O5. The van der Waals surface area contributed by atoms with Crippen LogP contribution in [0.4, 0.5) is 10.7 Å². The molecule has 3 heterocycles. The lowest BCUT2D eigenvalue weighted by molar-refractivity contribution is -0.133. The van der Waals surface area contributed by atoms with E-state index in [0.717, 1.165) is 11.9 Å². The average Bonchev–Trinajstić information content (AvgIpc) is 3.30. The number of alkyl carbamates (subject to hydrolysis) is 1. The first-order valence-electron chi connectivity index (χ1n) is 12.8. The first kappa shape index (κ1) is 28.2. The number of ether oxygens (including phenoxy) is 1. The monoisotopic (exact) mass is 503 g/mol. The van der Waals surface area contributed by atoms with Gasteiger partial charge < -0.3 is 29.6 Å². The highest BCUT2D eigenvalue weighted by Crippen LogP contribution is 2.36. The maximum absolute atomic E-state index is 13.1. The van der Waals surface area contributed by atoms with Crippen molar-refractivity contribution in [1.82, 2.24) is 20.2 Å². The van der Waals surface area contributed by atoms with Gasteiger partial charge in [-0.15, -0.1) is 0 Å². The Morgan fingerprint density at radius 3 is 2.28 bits per heavy atom. The molecule has 11 heteroatoms. The predicted octanol–water partition coefficient (Wildman–Crippen LogP) is 2.59. The molecule has 10 nitrogen and oxygen atoms in total. The number of carbonyl (C=O) groups is 2. The summed E-state index contributed by atoms with van der Waals surface area (Å²) in [4.78, 5) is 36.1. The number of aromatic nitrogens is 2. The van der Waals surface area contributed by atoms with Gasteiger partial charge in [-0.25, -0.2) is 14.8 Å². The van der Waals surface area contributed by atoms with Crippen LogP contribution in [0.2, 0.25) is 0 Å². The zero-order valence-corrected chi connectivity index (χ0v) is 23.2. The molecule has 36 heavy (non-hydrogen) atoms. The highest BCUT2D eigenvalue weighted by molar-refractivity contribution is 6.61. The molecule has 0 spiro atoms. The minimum atomic E-state index is -0.627. The number of nitrogens with one attached hydrogen (secondary N) is 2. The van der Waals surface area contributed by atoms with Crippen molar-refractivity contribution in [3.05, 3.63) is 12.4 Å². The van der Waals surface area contributed by atoms with Crippen LogP contribution < -0.4 is 16.1 Å². The van der Waals surface area contributed by atoms with Gasteiger partial charge in [-0.3, -0.25) is 4.79 Å². The van der Waals surface area contributed by atoms with Gasteiger partial charge in [0.1, 0.15) is 11.6 Å². The molecule has 2 atom stereocenters. The van der Waals surface area contributed by atoms with Crippen molar-refractivity contribution in [2.75, 3.05) is 25.0 Å². The number of amides is 2. The van der Waals surface area contributed by atoms with Crippen LogP contribution in [-0.4, -0.2) is 76.5 Å². The largest absolute Gasteiger partial charge is 0.498 e. The van der Waals surface area contributed by atoms with Crippen molar-refractivity contribution in [3.8, 4) is 0 Å². The molecule has 1 aromatic rings. The Bertz CT molecular complexity index is 916. The van der Waals surface area contributed by atoms with E-state index < -0.39 is 36.1 Å². The van der Waals surface area contributed by atoms with E-state index >= 15 is 0 Å². The molecule has 2 unspecified atom stereocenters. The first-order chi connectivity index (χ1) is 16.6. The summed E-state index contributed by atoms with van der Waals surface area (Å²) in [5.41, 5.74) is -0.688. The molecule has 0 radical (unpaired) electrons. The minimum Gasteiger partial charge on any atom is -0.444 e. The molecular weight excluding hydrogens is 461 g/mol. The second kappa shape index (κ2) is 10.5. The fraction of sp³-hybridized carbons (Fsp3) is 0.760. The maximum Gasteiger partial charge on any atom is 0.498 e. The van der Waals surface area contributed by atoms with Crippen molar-refractivity contribution in [3.63, 3.8) is 0 Å². The Kier molecular flexibility index (Phi) is 8.25. The van der Waals surface area contributed by atoms with Gasteiger partial charge in [0, 0.05) is 37.5 Å². The van der Waals surface area contributed by atoms with Gasteiger partial charge in [0.2, 0.25) is 11.9 Å². The molecule has 200 valence electrons. The predicted molar refractivity (Wildman–Crippen MR) is 139 cm³/mol. The van der Waals surface area contributed by atoms with Gasteiger partial charge >= 0.3 is 13.2 Å². The smallest absolute Gasteiger partial charge is 0.444 e. The number of hydrogen-bond acceptors (Lipinski definition) is 8. The molecule has 0 aromatic carbocycles. The zero-order chi connectivity index (χ0) is 26.9. The number of anilines is 1. The van der Waals surface area contributed by atoms with Gasteiger partial charge in [-0.1, -0.05) is 13.8 Å². The SMILES string of the molecule is CC(C)C(NC(=O)OC(C)(C)C)C(=O)N1CCC(CNc2ncc(B3OC(C)(C)C(C)(C)O3)cn2)C1. The summed E-state index contributed by atoms with van der Waals surface area (Å²) in [5.74, 6) is 0.640. The molecule has 0 saturated carbocycles. The molecule has 2 amide bonds. The van der Waals surface area contributed by atoms with Crippen molar-refractivity contribution < 1.29 is 23.6 Å². The van der Waals surface area contributed by atoms with E-state index in [1.165, 1.54) is 0 Å². The van der Waals surface area contributed by atoms with Crippen LogP contribution in [0.3, 0.4) is 0 Å². The fourth-order valence-electron chi connectivity index (χ4n) is 4.11. The van der Waals surface area contributed by atoms with Crippen LogP contribution in [0.25, 0.3) is 0 Å². The standard InChI is InChI=1S/C25H42BN5O5/c1-16(2)19(30-22(33)34-23(3,4)5)20(32)31-11-10-17(15-31)12-27-21-28-13-18(14-29-21)26-35-24(6,7)25(8,9)36-26/h13-14,16-17,19H,10-12,15H2,1-9H3,(H,30,33)(H,27,28,29). The highest BCUT2D eigenvalue weighted by Gasteiger charge is 2.52. The van der Waals surface area contributed by atoms with Gasteiger partial charge in [-0.05, 0) is 66.7 Å².